The van der Waals surface area contributed by atoms with E-state index in [1.54, 1.807) is 0 Å². The number of aliphatic hydroxyl groups is 1. The second-order valence-corrected chi connectivity index (χ2v) is 6.59. The molecule has 0 bridgehead atoms. The molecule has 3 atom stereocenters. The molecule has 2 aromatic rings. The number of rotatable bonds is 2. The van der Waals surface area contributed by atoms with Crippen LogP contribution in [-0.2, 0) is 6.42 Å². The van der Waals surface area contributed by atoms with Crippen LogP contribution in [0.2, 0.25) is 0 Å². The van der Waals surface area contributed by atoms with Crippen molar-refractivity contribution in [2.24, 2.45) is 11.8 Å². The molecule has 1 saturated carbocycles. The highest BCUT2D eigenvalue weighted by Gasteiger charge is 2.36. The Morgan fingerprint density at radius 3 is 2.75 bits per heavy atom. The minimum absolute atomic E-state index is 0.568. The Morgan fingerprint density at radius 2 is 1.95 bits per heavy atom. The maximum absolute atomic E-state index is 10.8. The number of pyridine rings is 1. The van der Waals surface area contributed by atoms with E-state index >= 15 is 0 Å². The first-order valence-corrected chi connectivity index (χ1v) is 7.63. The van der Waals surface area contributed by atoms with Gasteiger partial charge in [0.15, 0.2) is 0 Å². The molecule has 3 unspecified atom stereocenters. The smallest absolute Gasteiger partial charge is 0.0705 e. The average Bonchev–Trinajstić information content (AvgIpc) is 2.43. The van der Waals surface area contributed by atoms with Crippen molar-refractivity contribution in [1.29, 1.82) is 0 Å². The lowest BCUT2D eigenvalue weighted by molar-refractivity contribution is -0.0285. The van der Waals surface area contributed by atoms with E-state index in [0.717, 1.165) is 41.8 Å². The van der Waals surface area contributed by atoms with E-state index in [1.165, 1.54) is 0 Å². The van der Waals surface area contributed by atoms with Crippen molar-refractivity contribution in [2.45, 2.75) is 45.1 Å². The van der Waals surface area contributed by atoms with Crippen molar-refractivity contribution in [3.05, 3.63) is 42.1 Å². The van der Waals surface area contributed by atoms with Gasteiger partial charge < -0.3 is 5.11 Å². The van der Waals surface area contributed by atoms with Crippen LogP contribution in [0.4, 0.5) is 0 Å². The summed E-state index contributed by atoms with van der Waals surface area (Å²) in [5, 5.41) is 12.0. The summed E-state index contributed by atoms with van der Waals surface area (Å²) in [6.45, 7) is 4.54. The van der Waals surface area contributed by atoms with Crippen LogP contribution in [0.1, 0.15) is 38.8 Å². The topological polar surface area (TPSA) is 33.1 Å². The Bertz CT molecular complexity index is 609. The minimum atomic E-state index is -0.568. The molecule has 0 spiro atoms. The molecule has 0 saturated heterocycles. The molecule has 0 radical (unpaired) electrons. The van der Waals surface area contributed by atoms with Crippen molar-refractivity contribution >= 4 is 10.9 Å². The third-order valence-corrected chi connectivity index (χ3v) is 4.90. The Morgan fingerprint density at radius 1 is 1.15 bits per heavy atom. The highest BCUT2D eigenvalue weighted by molar-refractivity contribution is 5.78. The van der Waals surface area contributed by atoms with Crippen molar-refractivity contribution in [3.63, 3.8) is 0 Å². The molecule has 106 valence electrons. The lowest BCUT2D eigenvalue weighted by atomic mass is 9.71. The highest BCUT2D eigenvalue weighted by atomic mass is 16.3. The molecule has 20 heavy (non-hydrogen) atoms. The Balaban J connectivity index is 1.82. The fourth-order valence-electron chi connectivity index (χ4n) is 3.39. The second kappa shape index (κ2) is 5.17. The molecule has 0 aliphatic heterocycles. The van der Waals surface area contributed by atoms with Crippen molar-refractivity contribution in [3.8, 4) is 0 Å². The first-order chi connectivity index (χ1) is 9.56. The number of hydrogen-bond donors (Lipinski definition) is 1. The van der Waals surface area contributed by atoms with Gasteiger partial charge in [0.05, 0.1) is 11.1 Å². The molecular weight excluding hydrogens is 246 g/mol. The monoisotopic (exact) mass is 269 g/mol. The molecule has 1 N–H and O–H groups in total. The summed E-state index contributed by atoms with van der Waals surface area (Å²) in [7, 11) is 0. The van der Waals surface area contributed by atoms with E-state index in [9.17, 15) is 5.11 Å². The van der Waals surface area contributed by atoms with Gasteiger partial charge in [-0.2, -0.15) is 0 Å². The minimum Gasteiger partial charge on any atom is -0.389 e. The molecule has 1 aromatic carbocycles. The number of fused-ring (bicyclic) bond motifs is 1. The largest absolute Gasteiger partial charge is 0.389 e. The van der Waals surface area contributed by atoms with Gasteiger partial charge in [-0.15, -0.1) is 0 Å². The van der Waals surface area contributed by atoms with Crippen molar-refractivity contribution in [1.82, 2.24) is 4.98 Å². The van der Waals surface area contributed by atoms with E-state index < -0.39 is 5.60 Å². The number of para-hydroxylation sites is 1. The molecule has 0 amide bonds. The maximum Gasteiger partial charge on any atom is 0.0705 e. The summed E-state index contributed by atoms with van der Waals surface area (Å²) in [5.41, 5.74) is 1.46. The third-order valence-electron chi connectivity index (χ3n) is 4.90. The molecular formula is C18H23NO. The first-order valence-electron chi connectivity index (χ1n) is 7.63. The van der Waals surface area contributed by atoms with Gasteiger partial charge in [-0.25, -0.2) is 0 Å². The molecule has 1 aliphatic carbocycles. The van der Waals surface area contributed by atoms with Gasteiger partial charge >= 0.3 is 0 Å². The first kappa shape index (κ1) is 13.6. The van der Waals surface area contributed by atoms with Gasteiger partial charge in [0.25, 0.3) is 0 Å². The van der Waals surface area contributed by atoms with Crippen LogP contribution in [0, 0.1) is 11.8 Å². The highest BCUT2D eigenvalue weighted by Crippen LogP contribution is 2.37. The summed E-state index contributed by atoms with van der Waals surface area (Å²) in [4.78, 5) is 4.70. The molecule has 2 heteroatoms. The van der Waals surface area contributed by atoms with Gasteiger partial charge in [0.2, 0.25) is 0 Å². The van der Waals surface area contributed by atoms with E-state index in [4.69, 9.17) is 4.98 Å². The molecule has 1 fully saturated rings. The van der Waals surface area contributed by atoms with Crippen LogP contribution in [0.25, 0.3) is 10.9 Å². The second-order valence-electron chi connectivity index (χ2n) is 6.59. The van der Waals surface area contributed by atoms with Gasteiger partial charge in [0, 0.05) is 17.5 Å². The fraction of sp³-hybridized carbons (Fsp3) is 0.500. The van der Waals surface area contributed by atoms with Crippen molar-refractivity contribution in [2.75, 3.05) is 0 Å². The summed E-state index contributed by atoms with van der Waals surface area (Å²) in [6.07, 6.45) is 3.58. The van der Waals surface area contributed by atoms with Crippen molar-refractivity contribution < 1.29 is 5.11 Å². The Hall–Kier alpha value is -1.41. The van der Waals surface area contributed by atoms with Crippen LogP contribution in [0.5, 0.6) is 0 Å². The van der Waals surface area contributed by atoms with E-state index in [-0.39, 0.29) is 0 Å². The number of aromatic nitrogens is 1. The zero-order chi connectivity index (χ0) is 14.2. The predicted octanol–water partition coefficient (Wildman–Crippen LogP) is 3.96. The van der Waals surface area contributed by atoms with Gasteiger partial charge in [0.1, 0.15) is 0 Å². The molecule has 2 nitrogen and oxygen atoms in total. The van der Waals surface area contributed by atoms with Crippen LogP contribution < -0.4 is 0 Å². The van der Waals surface area contributed by atoms with Gasteiger partial charge in [-0.05, 0) is 43.2 Å². The van der Waals surface area contributed by atoms with Gasteiger partial charge in [-0.3, -0.25) is 4.98 Å². The zero-order valence-electron chi connectivity index (χ0n) is 12.3. The summed E-state index contributed by atoms with van der Waals surface area (Å²) in [5.74, 6) is 1.31. The van der Waals surface area contributed by atoms with Crippen LogP contribution >= 0.6 is 0 Å². The lowest BCUT2D eigenvalue weighted by Crippen LogP contribution is -2.39. The Labute approximate surface area is 120 Å². The molecule has 1 heterocycles. The maximum atomic E-state index is 10.8. The third kappa shape index (κ3) is 2.71. The molecule has 1 aliphatic rings. The van der Waals surface area contributed by atoms with Crippen LogP contribution in [0.3, 0.4) is 0 Å². The summed E-state index contributed by atoms with van der Waals surface area (Å²) >= 11 is 0. The van der Waals surface area contributed by atoms with Crippen LogP contribution in [-0.4, -0.2) is 15.7 Å². The van der Waals surface area contributed by atoms with E-state index in [1.807, 2.05) is 18.2 Å². The van der Waals surface area contributed by atoms with E-state index in [0.29, 0.717) is 12.3 Å². The normalized spacial score (nSPS) is 30.6. The fourth-order valence-corrected chi connectivity index (χ4v) is 3.39. The number of nitrogens with zero attached hydrogens (tertiary/aromatic N) is 1. The quantitative estimate of drug-likeness (QED) is 0.895. The summed E-state index contributed by atoms with van der Waals surface area (Å²) < 4.78 is 0. The summed E-state index contributed by atoms with van der Waals surface area (Å²) in [6, 6.07) is 12.3. The lowest BCUT2D eigenvalue weighted by Gasteiger charge is -2.39. The van der Waals surface area contributed by atoms with E-state index in [2.05, 4.69) is 32.0 Å². The SMILES string of the molecule is CC1CCC(O)(Cc2ccc3ccccc3n2)CC1C. The number of benzene rings is 1. The average molecular weight is 269 g/mol. The zero-order valence-corrected chi connectivity index (χ0v) is 12.3. The standard InChI is InChI=1S/C18H23NO/c1-13-9-10-18(20,11-14(13)2)12-16-8-7-15-5-3-4-6-17(15)19-16/h3-8,13-14,20H,9-12H2,1-2H3. The van der Waals surface area contributed by atoms with Gasteiger partial charge in [-0.1, -0.05) is 38.1 Å². The Kier molecular flexibility index (Phi) is 3.51. The molecule has 1 aromatic heterocycles. The predicted molar refractivity (Wildman–Crippen MR) is 82.6 cm³/mol. The number of hydrogen-bond acceptors (Lipinski definition) is 2. The van der Waals surface area contributed by atoms with Crippen LogP contribution in [0.15, 0.2) is 36.4 Å². The molecule has 3 rings (SSSR count).